The molecule has 2 atom stereocenters. The van der Waals surface area contributed by atoms with Crippen LogP contribution < -0.4 is 11.3 Å². The van der Waals surface area contributed by atoms with Crippen LogP contribution >= 0.6 is 24.8 Å². The van der Waals surface area contributed by atoms with Gasteiger partial charge in [0.2, 0.25) is 0 Å². The highest BCUT2D eigenvalue weighted by Crippen LogP contribution is 2.22. The van der Waals surface area contributed by atoms with Crippen molar-refractivity contribution in [2.24, 2.45) is 11.8 Å². The van der Waals surface area contributed by atoms with Crippen LogP contribution in [0.2, 0.25) is 0 Å². The lowest BCUT2D eigenvalue weighted by Crippen LogP contribution is -2.38. The Kier molecular flexibility index (Phi) is 9.15. The normalized spacial score (nSPS) is 30.0. The summed E-state index contributed by atoms with van der Waals surface area (Å²) in [4.78, 5) is 0. The lowest BCUT2D eigenvalue weighted by molar-refractivity contribution is 0.304. The molecule has 4 heteroatoms. The topological polar surface area (TPSA) is 38.0 Å². The minimum absolute atomic E-state index is 0. The van der Waals surface area contributed by atoms with E-state index in [2.05, 4.69) is 12.3 Å². The van der Waals surface area contributed by atoms with Gasteiger partial charge in [-0.3, -0.25) is 11.3 Å². The highest BCUT2D eigenvalue weighted by atomic mass is 35.5. The largest absolute Gasteiger partial charge is 0.271 e. The van der Waals surface area contributed by atoms with Gasteiger partial charge in [0.05, 0.1) is 0 Å². The van der Waals surface area contributed by atoms with Gasteiger partial charge in [0, 0.05) is 6.04 Å². The van der Waals surface area contributed by atoms with Gasteiger partial charge in [0.1, 0.15) is 0 Å². The average Bonchev–Trinajstić information content (AvgIpc) is 1.88. The van der Waals surface area contributed by atoms with Crippen molar-refractivity contribution in [3.05, 3.63) is 0 Å². The van der Waals surface area contributed by atoms with E-state index in [9.17, 15) is 0 Å². The van der Waals surface area contributed by atoms with Gasteiger partial charge in [-0.15, -0.1) is 24.8 Å². The Morgan fingerprint density at radius 2 is 1.91 bits per heavy atom. The molecule has 0 aliphatic heterocycles. The van der Waals surface area contributed by atoms with E-state index in [1.54, 1.807) is 0 Å². The van der Waals surface area contributed by atoms with Crippen LogP contribution in [0.15, 0.2) is 0 Å². The van der Waals surface area contributed by atoms with Crippen LogP contribution in [0.3, 0.4) is 0 Å². The number of nitrogens with one attached hydrogen (secondary N) is 1. The minimum atomic E-state index is 0. The minimum Gasteiger partial charge on any atom is -0.271 e. The van der Waals surface area contributed by atoms with Gasteiger partial charge < -0.3 is 0 Å². The van der Waals surface area contributed by atoms with Gasteiger partial charge in [0.15, 0.2) is 0 Å². The average molecular weight is 201 g/mol. The summed E-state index contributed by atoms with van der Waals surface area (Å²) in [5.41, 5.74) is 2.83. The fourth-order valence-electron chi connectivity index (χ4n) is 1.59. The summed E-state index contributed by atoms with van der Waals surface area (Å²) in [5, 5.41) is 0. The molecule has 0 aromatic heterocycles. The highest BCUT2D eigenvalue weighted by molar-refractivity contribution is 5.85. The zero-order valence-corrected chi connectivity index (χ0v) is 8.51. The summed E-state index contributed by atoms with van der Waals surface area (Å²) in [5.74, 6) is 6.19. The quantitative estimate of drug-likeness (QED) is 0.502. The van der Waals surface area contributed by atoms with E-state index >= 15 is 0 Å². The molecule has 0 aromatic carbocycles. The molecule has 70 valence electrons. The Labute approximate surface area is 81.1 Å². The van der Waals surface area contributed by atoms with Crippen LogP contribution in [-0.2, 0) is 0 Å². The molecular weight excluding hydrogens is 183 g/mol. The third-order valence-electron chi connectivity index (χ3n) is 2.17. The van der Waals surface area contributed by atoms with Gasteiger partial charge in [-0.1, -0.05) is 19.8 Å². The summed E-state index contributed by atoms with van der Waals surface area (Å²) < 4.78 is 0. The molecular formula is C7H18Cl2N2. The first-order valence-electron chi connectivity index (χ1n) is 3.79. The number of nitrogens with two attached hydrogens (primary N) is 1. The van der Waals surface area contributed by atoms with Crippen molar-refractivity contribution in [1.82, 2.24) is 5.43 Å². The number of halogens is 2. The van der Waals surface area contributed by atoms with Crippen LogP contribution in [0.5, 0.6) is 0 Å². The lowest BCUT2D eigenvalue weighted by atomic mass is 9.87. The molecule has 3 N–H and O–H groups in total. The second kappa shape index (κ2) is 7.17. The molecule has 0 heterocycles. The molecule has 0 aromatic rings. The predicted octanol–water partition coefficient (Wildman–Crippen LogP) is 1.87. The Bertz CT molecular complexity index is 90.5. The van der Waals surface area contributed by atoms with Crippen LogP contribution in [0, 0.1) is 5.92 Å². The van der Waals surface area contributed by atoms with Gasteiger partial charge in [-0.25, -0.2) is 0 Å². The van der Waals surface area contributed by atoms with Crippen molar-refractivity contribution in [1.29, 1.82) is 0 Å². The molecule has 2 nitrogen and oxygen atoms in total. The van der Waals surface area contributed by atoms with Crippen molar-refractivity contribution in [3.63, 3.8) is 0 Å². The molecule has 0 bridgehead atoms. The second-order valence-electron chi connectivity index (χ2n) is 3.14. The monoisotopic (exact) mass is 200 g/mol. The molecule has 0 spiro atoms. The molecule has 1 saturated carbocycles. The summed E-state index contributed by atoms with van der Waals surface area (Å²) in [6, 6.07) is 0.591. The summed E-state index contributed by atoms with van der Waals surface area (Å²) in [7, 11) is 0. The number of hydrogen-bond donors (Lipinski definition) is 2. The first kappa shape index (κ1) is 14.0. The van der Waals surface area contributed by atoms with Gasteiger partial charge in [0.25, 0.3) is 0 Å². The second-order valence-corrected chi connectivity index (χ2v) is 3.14. The molecule has 1 aliphatic rings. The van der Waals surface area contributed by atoms with Crippen LogP contribution in [0.1, 0.15) is 32.6 Å². The van der Waals surface area contributed by atoms with Crippen molar-refractivity contribution in [2.75, 3.05) is 0 Å². The molecule has 0 unspecified atom stereocenters. The van der Waals surface area contributed by atoms with E-state index < -0.39 is 0 Å². The van der Waals surface area contributed by atoms with Gasteiger partial charge in [-0.05, 0) is 18.8 Å². The molecule has 1 rings (SSSR count). The first-order valence-corrected chi connectivity index (χ1v) is 3.79. The highest BCUT2D eigenvalue weighted by Gasteiger charge is 2.16. The Morgan fingerprint density at radius 3 is 2.27 bits per heavy atom. The third-order valence-corrected chi connectivity index (χ3v) is 2.17. The summed E-state index contributed by atoms with van der Waals surface area (Å²) in [6.07, 6.45) is 5.26. The third kappa shape index (κ3) is 4.86. The van der Waals surface area contributed by atoms with Crippen molar-refractivity contribution < 1.29 is 0 Å². The lowest BCUT2D eigenvalue weighted by Gasteiger charge is -2.25. The molecule has 0 saturated heterocycles. The number of hydrazine groups is 1. The maximum Gasteiger partial charge on any atom is 0.0213 e. The molecule has 11 heavy (non-hydrogen) atoms. The fraction of sp³-hybridized carbons (Fsp3) is 1.00. The van der Waals surface area contributed by atoms with Gasteiger partial charge in [-0.2, -0.15) is 0 Å². The SMILES string of the molecule is C[C@H]1CCC[C@H](NN)C1.Cl.Cl. The number of rotatable bonds is 1. The van der Waals surface area contributed by atoms with Crippen molar-refractivity contribution >= 4 is 24.8 Å². The Morgan fingerprint density at radius 1 is 1.27 bits per heavy atom. The standard InChI is InChI=1S/C7H16N2.2ClH/c1-6-3-2-4-7(5-6)9-8;;/h6-7,9H,2-5,8H2,1H3;2*1H/t6-,7-;;/m0../s1. The maximum atomic E-state index is 5.32. The van der Waals surface area contributed by atoms with Crippen molar-refractivity contribution in [2.45, 2.75) is 38.6 Å². The van der Waals surface area contributed by atoms with E-state index in [0.29, 0.717) is 6.04 Å². The molecule has 1 fully saturated rings. The van der Waals surface area contributed by atoms with Gasteiger partial charge >= 0.3 is 0 Å². The molecule has 0 amide bonds. The molecule has 1 aliphatic carbocycles. The summed E-state index contributed by atoms with van der Waals surface area (Å²) in [6.45, 7) is 2.30. The van der Waals surface area contributed by atoms with Crippen LogP contribution in [0.4, 0.5) is 0 Å². The van der Waals surface area contributed by atoms with Crippen LogP contribution in [0.25, 0.3) is 0 Å². The maximum absolute atomic E-state index is 5.32. The molecule has 0 radical (unpaired) electrons. The zero-order valence-electron chi connectivity index (χ0n) is 6.88. The Hall–Kier alpha value is 0.500. The van der Waals surface area contributed by atoms with Crippen molar-refractivity contribution in [3.8, 4) is 0 Å². The first-order chi connectivity index (χ1) is 4.33. The van der Waals surface area contributed by atoms with E-state index in [4.69, 9.17) is 5.84 Å². The zero-order chi connectivity index (χ0) is 6.69. The fourth-order valence-corrected chi connectivity index (χ4v) is 1.59. The Balaban J connectivity index is 0. The van der Waals surface area contributed by atoms with E-state index in [-0.39, 0.29) is 24.8 Å². The summed E-state index contributed by atoms with van der Waals surface area (Å²) >= 11 is 0. The van der Waals surface area contributed by atoms with E-state index in [0.717, 1.165) is 5.92 Å². The van der Waals surface area contributed by atoms with E-state index in [1.165, 1.54) is 25.7 Å². The predicted molar refractivity (Wildman–Crippen MR) is 53.2 cm³/mol. The smallest absolute Gasteiger partial charge is 0.0213 e. The van der Waals surface area contributed by atoms with E-state index in [1.807, 2.05) is 0 Å². The number of hydrogen-bond acceptors (Lipinski definition) is 2. The van der Waals surface area contributed by atoms with Crippen LogP contribution in [-0.4, -0.2) is 6.04 Å².